The molecule has 14 nitrogen and oxygen atoms in total. The standard InChI is InChI=1S/C30H28ClN7O7/c1-2-3-8-25-32-27(31)26(29(39)40)36(25)17-19-9-13-21(14-10-19)23-6-4-5-7-24(23)28-33-35-37(34-28)30(41)45-22-15-11-20(12-16-22)18-44-38(42)43/h4-7,9-16,42-43H,2-3,8,17-18H2,1H3,(H,39,40). The first-order chi connectivity index (χ1) is 21.7. The number of hydrogen-bond acceptors (Lipinski definition) is 11. The summed E-state index contributed by atoms with van der Waals surface area (Å²) in [4.78, 5) is 34.2. The maximum absolute atomic E-state index is 12.7. The number of aryl methyl sites for hydroxylation is 1. The maximum atomic E-state index is 12.7. The lowest BCUT2D eigenvalue weighted by molar-refractivity contribution is -0.497. The second-order valence-corrected chi connectivity index (χ2v) is 10.2. The first-order valence-corrected chi connectivity index (χ1v) is 14.2. The van der Waals surface area contributed by atoms with Gasteiger partial charge in [0.2, 0.25) is 5.82 Å². The number of carboxylic acid groups (broad SMARTS) is 1. The van der Waals surface area contributed by atoms with Crippen molar-refractivity contribution < 1.29 is 34.7 Å². The zero-order chi connectivity index (χ0) is 31.9. The van der Waals surface area contributed by atoms with Gasteiger partial charge in [0, 0.05) is 18.5 Å². The highest BCUT2D eigenvalue weighted by Gasteiger charge is 2.22. The third kappa shape index (κ3) is 7.57. The summed E-state index contributed by atoms with van der Waals surface area (Å²) >= 11 is 6.18. The van der Waals surface area contributed by atoms with Gasteiger partial charge in [0.15, 0.2) is 10.8 Å². The summed E-state index contributed by atoms with van der Waals surface area (Å²) in [5.74, 6) is -0.0899. The number of ether oxygens (including phenoxy) is 1. The van der Waals surface area contributed by atoms with Gasteiger partial charge in [0.1, 0.15) is 11.6 Å². The van der Waals surface area contributed by atoms with E-state index in [4.69, 9.17) is 26.8 Å². The lowest BCUT2D eigenvalue weighted by atomic mass is 9.98. The molecule has 5 aromatic rings. The summed E-state index contributed by atoms with van der Waals surface area (Å²) in [6.45, 7) is 2.24. The number of carbonyl (C=O) groups excluding carboxylic acids is 1. The Bertz CT molecular complexity index is 1790. The van der Waals surface area contributed by atoms with E-state index in [-0.39, 0.29) is 29.0 Å². The molecule has 0 spiro atoms. The van der Waals surface area contributed by atoms with Crippen molar-refractivity contribution in [1.82, 2.24) is 35.1 Å². The predicted octanol–water partition coefficient (Wildman–Crippen LogP) is 5.51. The molecule has 0 unspecified atom stereocenters. The number of benzene rings is 3. The Hall–Kier alpha value is -4.99. The maximum Gasteiger partial charge on any atom is 0.459 e. The molecule has 0 aliphatic rings. The van der Waals surface area contributed by atoms with Crippen molar-refractivity contribution in [2.75, 3.05) is 0 Å². The molecule has 0 bridgehead atoms. The number of aromatic nitrogens is 6. The third-order valence-corrected chi connectivity index (χ3v) is 7.05. The number of unbranched alkanes of at least 4 members (excludes halogenated alkanes) is 1. The van der Waals surface area contributed by atoms with Crippen LogP contribution in [0.1, 0.15) is 47.2 Å². The molecule has 3 N–H and O–H groups in total. The molecule has 0 radical (unpaired) electrons. The second-order valence-electron chi connectivity index (χ2n) is 9.85. The molecule has 15 heteroatoms. The molecule has 3 aromatic carbocycles. The summed E-state index contributed by atoms with van der Waals surface area (Å²) in [5, 5.41) is 38.8. The van der Waals surface area contributed by atoms with Crippen molar-refractivity contribution in [3.05, 3.63) is 101 Å². The van der Waals surface area contributed by atoms with Gasteiger partial charge in [-0.25, -0.2) is 19.4 Å². The predicted molar refractivity (Wildman–Crippen MR) is 159 cm³/mol. The number of carbonyl (C=O) groups is 2. The van der Waals surface area contributed by atoms with Crippen LogP contribution in [0, 0.1) is 0 Å². The van der Waals surface area contributed by atoms with Gasteiger partial charge in [0.05, 0.1) is 12.0 Å². The topological polar surface area (TPSA) is 178 Å². The molecule has 0 fully saturated rings. The summed E-state index contributed by atoms with van der Waals surface area (Å²) in [7, 11) is 0. The minimum Gasteiger partial charge on any atom is -0.476 e. The van der Waals surface area contributed by atoms with E-state index in [9.17, 15) is 14.7 Å². The summed E-state index contributed by atoms with van der Waals surface area (Å²) in [6.07, 6.45) is 1.54. The van der Waals surface area contributed by atoms with Gasteiger partial charge in [0.25, 0.3) is 0 Å². The van der Waals surface area contributed by atoms with Gasteiger partial charge in [-0.15, -0.1) is 10.2 Å². The molecule has 0 saturated carbocycles. The fourth-order valence-electron chi connectivity index (χ4n) is 4.60. The molecule has 232 valence electrons. The first-order valence-electron chi connectivity index (χ1n) is 13.8. The van der Waals surface area contributed by atoms with Crippen LogP contribution >= 0.6 is 11.6 Å². The van der Waals surface area contributed by atoms with Crippen molar-refractivity contribution in [2.45, 2.75) is 39.3 Å². The van der Waals surface area contributed by atoms with Crippen LogP contribution < -0.4 is 4.74 Å². The Morgan fingerprint density at radius 1 is 0.956 bits per heavy atom. The number of imidazole rings is 1. The van der Waals surface area contributed by atoms with Crippen LogP contribution in [-0.2, 0) is 24.4 Å². The van der Waals surface area contributed by atoms with Crippen LogP contribution in [0.2, 0.25) is 5.15 Å². The van der Waals surface area contributed by atoms with Gasteiger partial charge in [-0.3, -0.25) is 10.4 Å². The Balaban J connectivity index is 1.32. The van der Waals surface area contributed by atoms with Gasteiger partial charge in [-0.05, 0) is 46.0 Å². The number of aromatic carboxylic acids is 1. The van der Waals surface area contributed by atoms with E-state index >= 15 is 0 Å². The molecule has 2 aromatic heterocycles. The monoisotopic (exact) mass is 633 g/mol. The molecule has 0 atom stereocenters. The van der Waals surface area contributed by atoms with E-state index in [0.717, 1.165) is 34.3 Å². The molecule has 0 aliphatic heterocycles. The summed E-state index contributed by atoms with van der Waals surface area (Å²) < 4.78 is 6.97. The molecule has 0 amide bonds. The van der Waals surface area contributed by atoms with Crippen LogP contribution in [0.4, 0.5) is 4.79 Å². The lowest BCUT2D eigenvalue weighted by Gasteiger charge is -2.12. The summed E-state index contributed by atoms with van der Waals surface area (Å²) in [6, 6.07) is 21.2. The van der Waals surface area contributed by atoms with Crippen LogP contribution in [0.15, 0.2) is 72.8 Å². The number of rotatable bonds is 12. The normalized spacial score (nSPS) is 11.2. The van der Waals surface area contributed by atoms with Crippen LogP contribution in [0.25, 0.3) is 22.5 Å². The zero-order valence-corrected chi connectivity index (χ0v) is 24.7. The highest BCUT2D eigenvalue weighted by molar-refractivity contribution is 6.32. The van der Waals surface area contributed by atoms with Gasteiger partial charge >= 0.3 is 12.1 Å². The highest BCUT2D eigenvalue weighted by Crippen LogP contribution is 2.30. The van der Waals surface area contributed by atoms with E-state index in [1.54, 1.807) is 16.7 Å². The zero-order valence-electron chi connectivity index (χ0n) is 23.9. The minimum absolute atomic E-state index is 0.0223. The second kappa shape index (κ2) is 14.2. The molecular weight excluding hydrogens is 606 g/mol. The fraction of sp³-hybridized carbons (Fsp3) is 0.200. The smallest absolute Gasteiger partial charge is 0.459 e. The van der Waals surface area contributed by atoms with Crippen molar-refractivity contribution in [3.8, 4) is 28.3 Å². The average molecular weight is 634 g/mol. The molecule has 45 heavy (non-hydrogen) atoms. The third-order valence-electron chi connectivity index (χ3n) is 6.79. The average Bonchev–Trinajstić information content (AvgIpc) is 3.65. The van der Waals surface area contributed by atoms with Gasteiger partial charge in [-0.1, -0.05) is 90.4 Å². The quantitative estimate of drug-likeness (QED) is 0.147. The Morgan fingerprint density at radius 2 is 1.64 bits per heavy atom. The number of tetrazole rings is 1. The van der Waals surface area contributed by atoms with Gasteiger partial charge < -0.3 is 14.4 Å². The molecule has 5 rings (SSSR count). The van der Waals surface area contributed by atoms with Crippen LogP contribution in [0.3, 0.4) is 0 Å². The van der Waals surface area contributed by atoms with E-state index < -0.39 is 17.5 Å². The molecular formula is C30H28ClN7O7. The Labute approximate surface area is 261 Å². The first kappa shape index (κ1) is 31.4. The SMILES string of the molecule is CCCCc1nc(Cl)c(C(=O)O)n1Cc1ccc(-c2ccccc2-c2nnn(C(=O)Oc3ccc(CON(O)O)cc3)n2)cc1. The van der Waals surface area contributed by atoms with Crippen LogP contribution in [0.5, 0.6) is 5.75 Å². The van der Waals surface area contributed by atoms with E-state index in [1.807, 2.05) is 48.5 Å². The van der Waals surface area contributed by atoms with Crippen molar-refractivity contribution in [2.24, 2.45) is 0 Å². The highest BCUT2D eigenvalue weighted by atomic mass is 35.5. The minimum atomic E-state index is -1.13. The molecule has 0 aliphatic carbocycles. The van der Waals surface area contributed by atoms with E-state index in [1.165, 1.54) is 12.1 Å². The van der Waals surface area contributed by atoms with Crippen molar-refractivity contribution in [1.29, 1.82) is 0 Å². The number of hydrogen-bond donors (Lipinski definition) is 3. The largest absolute Gasteiger partial charge is 0.476 e. The van der Waals surface area contributed by atoms with E-state index in [0.29, 0.717) is 29.9 Å². The number of halogens is 1. The Kier molecular flexibility index (Phi) is 9.92. The molecule has 2 heterocycles. The number of nitrogens with zero attached hydrogens (tertiary/aromatic N) is 7. The fourth-order valence-corrected chi connectivity index (χ4v) is 4.88. The van der Waals surface area contributed by atoms with Crippen molar-refractivity contribution in [3.63, 3.8) is 0 Å². The van der Waals surface area contributed by atoms with Gasteiger partial charge in [-0.2, -0.15) is 0 Å². The van der Waals surface area contributed by atoms with Crippen LogP contribution in [-0.4, -0.2) is 62.7 Å². The lowest BCUT2D eigenvalue weighted by Crippen LogP contribution is -2.19. The molecule has 0 saturated heterocycles. The number of carboxylic acids is 1. The van der Waals surface area contributed by atoms with Crippen molar-refractivity contribution >= 4 is 23.7 Å². The van der Waals surface area contributed by atoms with E-state index in [2.05, 4.69) is 32.2 Å². The Morgan fingerprint density at radius 3 is 2.31 bits per heavy atom. The summed E-state index contributed by atoms with van der Waals surface area (Å²) in [5.41, 5.74) is 3.69.